The zero-order valence-corrected chi connectivity index (χ0v) is 9.35. The number of rotatable bonds is 5. The number of aliphatic hydroxyl groups excluding tert-OH is 1. The number of hydrogen-bond acceptors (Lipinski definition) is 4. The van der Waals surface area contributed by atoms with Crippen LogP contribution >= 0.6 is 0 Å². The van der Waals surface area contributed by atoms with Crippen molar-refractivity contribution in [1.29, 1.82) is 0 Å². The molecule has 4 nitrogen and oxygen atoms in total. The first-order chi connectivity index (χ1) is 4.35. The van der Waals surface area contributed by atoms with E-state index in [2.05, 4.69) is 4.74 Å². The van der Waals surface area contributed by atoms with Crippen LogP contribution in [0.4, 0.5) is 0 Å². The number of carbonyl (C=O) groups is 2. The van der Waals surface area contributed by atoms with Gasteiger partial charge in [0, 0.05) is 37.4 Å². The fraction of sp³-hybridized carbons (Fsp3) is 0.400. The molecule has 0 aromatic heterocycles. The molecule has 0 aliphatic heterocycles. The van der Waals surface area contributed by atoms with Crippen LogP contribution in [0.5, 0.6) is 0 Å². The molecule has 0 spiro atoms. The number of carbonyl (C=O) groups excluding carboxylic acids is 2. The van der Waals surface area contributed by atoms with Crippen LogP contribution in [0.3, 0.4) is 0 Å². The molecular weight excluding hydrogens is 362 g/mol. The second-order valence-corrected chi connectivity index (χ2v) is 1.27. The van der Waals surface area contributed by atoms with Gasteiger partial charge >= 0.3 is 0 Å². The molecule has 0 bridgehead atoms. The van der Waals surface area contributed by atoms with E-state index in [4.69, 9.17) is 5.11 Å². The molecule has 0 amide bonds. The van der Waals surface area contributed by atoms with Crippen molar-refractivity contribution in [3.63, 3.8) is 0 Å². The summed E-state index contributed by atoms with van der Waals surface area (Å²) >= 11 is 0. The molecule has 0 aromatic rings. The van der Waals surface area contributed by atoms with Gasteiger partial charge in [0.25, 0.3) is 0 Å². The van der Waals surface area contributed by atoms with Crippen LogP contribution in [0.2, 0.25) is 0 Å². The van der Waals surface area contributed by atoms with Crippen molar-refractivity contribution in [1.82, 2.24) is 0 Å². The van der Waals surface area contributed by atoms with Crippen molar-refractivity contribution in [2.75, 3.05) is 6.61 Å². The average Bonchev–Trinajstić information content (AvgIpc) is 1.91. The summed E-state index contributed by atoms with van der Waals surface area (Å²) in [5.74, 6) is 0. The van der Waals surface area contributed by atoms with Crippen molar-refractivity contribution in [2.24, 2.45) is 0 Å². The van der Waals surface area contributed by atoms with Gasteiger partial charge in [-0.1, -0.05) is 0 Å². The molecule has 10 heavy (non-hydrogen) atoms. The molecule has 0 saturated heterocycles. The van der Waals surface area contributed by atoms with Gasteiger partial charge in [-0.3, -0.25) is 0 Å². The molecule has 0 aliphatic carbocycles. The minimum atomic E-state index is -0.907. The minimum absolute atomic E-state index is 0. The van der Waals surface area contributed by atoms with E-state index in [-0.39, 0.29) is 31.1 Å². The predicted octanol–water partition coefficient (Wildman–Crippen LogP) is -1.08. The molecule has 1 atom stereocenters. The molecule has 0 rings (SSSR count). The molecule has 0 heterocycles. The Balaban J connectivity index is 0. The van der Waals surface area contributed by atoms with E-state index in [1.165, 1.54) is 0 Å². The third kappa shape index (κ3) is 6.30. The van der Waals surface area contributed by atoms with Crippen molar-refractivity contribution >= 4 is 12.6 Å². The van der Waals surface area contributed by atoms with Crippen LogP contribution in [-0.2, 0) is 14.3 Å². The van der Waals surface area contributed by atoms with Crippen LogP contribution in [-0.4, -0.2) is 30.4 Å². The van der Waals surface area contributed by atoms with E-state index in [0.717, 1.165) is 6.61 Å². The van der Waals surface area contributed by atoms with Gasteiger partial charge in [-0.25, -0.2) is 6.61 Å². The summed E-state index contributed by atoms with van der Waals surface area (Å²) in [4.78, 5) is 19.4. The first-order valence-electron chi connectivity index (χ1n) is 2.33. The van der Waals surface area contributed by atoms with Gasteiger partial charge in [-0.05, 0) is 0 Å². The Kier molecular flexibility index (Phi) is 11.8. The van der Waals surface area contributed by atoms with Gasteiger partial charge in [0.05, 0.1) is 6.61 Å². The fourth-order valence-corrected chi connectivity index (χ4v) is 0.251. The van der Waals surface area contributed by atoms with Gasteiger partial charge in [0.2, 0.25) is 0 Å². The smallest absolute Gasteiger partial charge is 0.148 e. The van der Waals surface area contributed by atoms with E-state index in [1.807, 2.05) is 0 Å². The third-order valence-electron chi connectivity index (χ3n) is 0.641. The molecule has 0 saturated carbocycles. The maximum Gasteiger partial charge on any atom is 0.148 e. The normalized spacial score (nSPS) is 10.9. The van der Waals surface area contributed by atoms with Crippen molar-refractivity contribution < 1.29 is 50.5 Å². The number of hydrogen-bond donors (Lipinski definition) is 1. The minimum Gasteiger partial charge on any atom is -0.517 e. The Labute approximate surface area is 82.3 Å². The van der Waals surface area contributed by atoms with Crippen molar-refractivity contribution in [3.8, 4) is 0 Å². The Morgan fingerprint density at radius 3 is 2.50 bits per heavy atom. The van der Waals surface area contributed by atoms with Gasteiger partial charge in [-0.2, -0.15) is 0 Å². The van der Waals surface area contributed by atoms with Crippen molar-refractivity contribution in [2.45, 2.75) is 6.10 Å². The Morgan fingerprint density at radius 1 is 1.60 bits per heavy atom. The second kappa shape index (κ2) is 9.18. The molecule has 0 aromatic carbocycles. The zero-order chi connectivity index (χ0) is 7.11. The Morgan fingerprint density at radius 2 is 2.20 bits per heavy atom. The third-order valence-corrected chi connectivity index (χ3v) is 0.641. The largest absolute Gasteiger partial charge is 0.517 e. The molecule has 0 radical (unpaired) electrons. The standard InChI is InChI=1S/C5H7O4.U/c6-1-2-9-5(3-7)4-8;/h1-3,5,8H,4H2;/q-1;/t5-;/m0./s1. The Hall–Kier alpha value is 0.182. The summed E-state index contributed by atoms with van der Waals surface area (Å²) in [7, 11) is 0. The maximum absolute atomic E-state index is 9.82. The SMILES string of the molecule is O=C[CH-]O[C@@H](C=O)CO.[U]. The molecule has 5 heteroatoms. The number of aliphatic hydroxyl groups is 1. The monoisotopic (exact) mass is 369 g/mol. The molecule has 1 N–H and O–H groups in total. The van der Waals surface area contributed by atoms with E-state index in [9.17, 15) is 9.59 Å². The summed E-state index contributed by atoms with van der Waals surface area (Å²) in [5, 5.41) is 8.26. The first-order valence-corrected chi connectivity index (χ1v) is 2.33. The van der Waals surface area contributed by atoms with E-state index in [0.29, 0.717) is 12.6 Å². The summed E-state index contributed by atoms with van der Waals surface area (Å²) in [6.45, 7) is 0.406. The summed E-state index contributed by atoms with van der Waals surface area (Å²) < 4.78 is 4.38. The zero-order valence-electron chi connectivity index (χ0n) is 5.19. The quantitative estimate of drug-likeness (QED) is 0.495. The summed E-state index contributed by atoms with van der Waals surface area (Å²) in [6, 6.07) is 0. The fourth-order valence-electron chi connectivity index (χ4n) is 0.251. The van der Waals surface area contributed by atoms with Gasteiger partial charge in [0.1, 0.15) is 12.4 Å². The molecule has 0 fully saturated rings. The molecule has 56 valence electrons. The van der Waals surface area contributed by atoms with E-state index < -0.39 is 12.7 Å². The topological polar surface area (TPSA) is 63.6 Å². The van der Waals surface area contributed by atoms with Gasteiger partial charge in [0.15, 0.2) is 0 Å². The predicted molar refractivity (Wildman–Crippen MR) is 28.4 cm³/mol. The molecular formula is C5H7O4U-. The number of aldehydes is 2. The van der Waals surface area contributed by atoms with E-state index >= 15 is 0 Å². The summed E-state index contributed by atoms with van der Waals surface area (Å²) in [5.41, 5.74) is 0. The van der Waals surface area contributed by atoms with Crippen LogP contribution in [0.25, 0.3) is 0 Å². The van der Waals surface area contributed by atoms with Crippen LogP contribution in [0, 0.1) is 37.7 Å². The molecule has 0 aliphatic rings. The van der Waals surface area contributed by atoms with Gasteiger partial charge < -0.3 is 19.4 Å². The second-order valence-electron chi connectivity index (χ2n) is 1.27. The summed E-state index contributed by atoms with van der Waals surface area (Å²) in [6.07, 6.45) is -0.0956. The average molecular weight is 369 g/mol. The van der Waals surface area contributed by atoms with Crippen LogP contribution in [0.1, 0.15) is 0 Å². The maximum atomic E-state index is 9.82. The van der Waals surface area contributed by atoms with Crippen LogP contribution < -0.4 is 0 Å². The van der Waals surface area contributed by atoms with E-state index in [1.54, 1.807) is 0 Å². The number of ether oxygens (including phenoxy) is 1. The van der Waals surface area contributed by atoms with Gasteiger partial charge in [-0.15, -0.1) is 0 Å². The molecule has 0 unspecified atom stereocenters. The van der Waals surface area contributed by atoms with Crippen LogP contribution in [0.15, 0.2) is 0 Å². The first kappa shape index (κ1) is 12.8. The van der Waals surface area contributed by atoms with Crippen molar-refractivity contribution in [3.05, 3.63) is 6.61 Å². The Bertz CT molecular complexity index is 95.6.